The zero-order chi connectivity index (χ0) is 31.2. The van der Waals surface area contributed by atoms with Gasteiger partial charge in [-0.3, -0.25) is 29.5 Å². The van der Waals surface area contributed by atoms with E-state index in [9.17, 15) is 54.5 Å². The number of benzene rings is 1. The minimum atomic E-state index is -4.41. The Morgan fingerprint density at radius 2 is 1.74 bits per heavy atom. The predicted molar refractivity (Wildman–Crippen MR) is 138 cm³/mol. The molecule has 3 aliphatic rings. The number of carbonyl (C=O) groups is 3. The third-order valence-electron chi connectivity index (χ3n) is 7.22. The molecule has 3 heterocycles. The average Bonchev–Trinajstić information content (AvgIpc) is 3.28. The van der Waals surface area contributed by atoms with Crippen LogP contribution in [0.15, 0.2) is 53.0 Å². The molecule has 224 valence electrons. The van der Waals surface area contributed by atoms with Crippen molar-refractivity contribution in [3.05, 3.63) is 70.0 Å². The van der Waals surface area contributed by atoms with Gasteiger partial charge in [0.05, 0.1) is 25.3 Å². The van der Waals surface area contributed by atoms with E-state index in [1.165, 1.54) is 11.4 Å². The van der Waals surface area contributed by atoms with E-state index in [-0.39, 0.29) is 17.0 Å². The van der Waals surface area contributed by atoms with E-state index in [0.717, 1.165) is 5.56 Å². The van der Waals surface area contributed by atoms with Crippen molar-refractivity contribution in [1.29, 1.82) is 0 Å². The number of rotatable bonds is 7. The van der Waals surface area contributed by atoms with Crippen LogP contribution in [0.4, 0.5) is 4.39 Å². The Hall–Kier alpha value is -3.84. The number of ether oxygens (including phenoxy) is 1. The van der Waals surface area contributed by atoms with Gasteiger partial charge in [-0.05, 0) is 28.9 Å². The summed E-state index contributed by atoms with van der Waals surface area (Å²) < 4.78 is 20.0. The molecule has 1 unspecified atom stereocenters. The van der Waals surface area contributed by atoms with Crippen LogP contribution in [0.5, 0.6) is 0 Å². The molecule has 3 amide bonds. The zero-order valence-electron chi connectivity index (χ0n) is 22.0. The van der Waals surface area contributed by atoms with E-state index in [4.69, 9.17) is 12.6 Å². The Kier molecular flexibility index (Phi) is 8.22. The second-order valence-electron chi connectivity index (χ2n) is 9.92. The van der Waals surface area contributed by atoms with Crippen molar-refractivity contribution < 1.29 is 59.3 Å². The Balaban J connectivity index is 1.68. The van der Waals surface area contributed by atoms with Gasteiger partial charge in [0.15, 0.2) is 11.5 Å². The number of carbonyl (C=O) groups excluding carboxylic acids is 3. The Bertz CT molecular complexity index is 1410. The van der Waals surface area contributed by atoms with Crippen LogP contribution in [-0.4, -0.2) is 121 Å². The van der Waals surface area contributed by atoms with Crippen molar-refractivity contribution in [1.82, 2.24) is 20.4 Å². The van der Waals surface area contributed by atoms with Gasteiger partial charge in [0, 0.05) is 31.7 Å². The van der Waals surface area contributed by atoms with Crippen molar-refractivity contribution in [3.8, 4) is 0 Å². The number of aliphatic hydroxyl groups is 7. The molecule has 3 fully saturated rings. The molecular formula is C25H28BFN4O11. The molecule has 17 heteroatoms. The summed E-state index contributed by atoms with van der Waals surface area (Å²) in [6.45, 7) is 4.82. The largest absolute Gasteiger partial charge is 0.505 e. The van der Waals surface area contributed by atoms with Crippen LogP contribution in [0, 0.1) is 5.82 Å². The molecule has 9 N–H and O–H groups in total. The number of nitrogens with one attached hydrogen (secondary N) is 2. The molecule has 3 saturated heterocycles. The molecule has 0 aromatic heterocycles. The van der Waals surface area contributed by atoms with Crippen molar-refractivity contribution >= 4 is 25.6 Å². The van der Waals surface area contributed by atoms with Crippen LogP contribution in [-0.2, 0) is 32.2 Å². The number of imide groups is 1. The summed E-state index contributed by atoms with van der Waals surface area (Å²) >= 11 is 0. The number of likely N-dealkylation sites (tertiary alicyclic amines) is 1. The summed E-state index contributed by atoms with van der Waals surface area (Å²) in [5, 5.41) is 75.8. The summed E-state index contributed by atoms with van der Waals surface area (Å²) in [7, 11) is 6.10. The first-order valence-corrected chi connectivity index (χ1v) is 12.5. The molecule has 42 heavy (non-hydrogen) atoms. The number of aliphatic hydroxyl groups excluding tert-OH is 2. The minimum absolute atomic E-state index is 0.0299. The van der Waals surface area contributed by atoms with Crippen LogP contribution in [0.25, 0.3) is 0 Å². The predicted octanol–water partition coefficient (Wildman–Crippen LogP) is -3.44. The van der Waals surface area contributed by atoms with Gasteiger partial charge in [-0.25, -0.2) is 4.39 Å². The highest BCUT2D eigenvalue weighted by atomic mass is 19.1. The van der Waals surface area contributed by atoms with Crippen molar-refractivity contribution in [2.45, 2.75) is 30.4 Å². The topological polar surface area (TPSA) is 233 Å². The molecule has 1 aromatic carbocycles. The van der Waals surface area contributed by atoms with Gasteiger partial charge in [0.1, 0.15) is 13.7 Å². The number of hydrogen-bond acceptors (Lipinski definition) is 13. The standard InChI is InChI=1S/C25H28BFN4O11/c1-12(32)18(33)17-15(11-31(20(17)34)23(37)21(35)29-22(36)24(38,39)25(23,40)41)19(26)28-9-14-8-13(2-3-16(14)27)10-30-4-6-42-7-5-30/h2-3,8,28,32-33,37-41H,1,4-7,9-11H2,(H,29,35,36)/b18-17-,19-15+. The fourth-order valence-electron chi connectivity index (χ4n) is 4.77. The Morgan fingerprint density at radius 3 is 2.36 bits per heavy atom. The van der Waals surface area contributed by atoms with Gasteiger partial charge in [-0.2, -0.15) is 0 Å². The lowest BCUT2D eigenvalue weighted by atomic mass is 9.86. The Morgan fingerprint density at radius 1 is 1.10 bits per heavy atom. The number of nitrogens with zero attached hydrogens (tertiary/aromatic N) is 2. The first kappa shape index (κ1) is 31.1. The van der Waals surface area contributed by atoms with Crippen LogP contribution >= 0.6 is 0 Å². The monoisotopic (exact) mass is 590 g/mol. The van der Waals surface area contributed by atoms with Gasteiger partial charge in [-0.1, -0.05) is 12.6 Å². The third kappa shape index (κ3) is 5.04. The van der Waals surface area contributed by atoms with Crippen molar-refractivity contribution in [2.24, 2.45) is 0 Å². The van der Waals surface area contributed by atoms with Crippen molar-refractivity contribution in [3.63, 3.8) is 0 Å². The van der Waals surface area contributed by atoms with E-state index in [1.54, 1.807) is 12.1 Å². The maximum absolute atomic E-state index is 14.6. The highest BCUT2D eigenvalue weighted by Gasteiger charge is 2.76. The highest BCUT2D eigenvalue weighted by molar-refractivity contribution is 6.23. The maximum Gasteiger partial charge on any atom is 0.306 e. The smallest absolute Gasteiger partial charge is 0.306 e. The number of hydrogen-bond donors (Lipinski definition) is 9. The lowest BCUT2D eigenvalue weighted by Gasteiger charge is -2.49. The summed E-state index contributed by atoms with van der Waals surface area (Å²) in [6, 6.07) is 4.43. The molecule has 3 aliphatic heterocycles. The second-order valence-corrected chi connectivity index (χ2v) is 9.92. The van der Waals surface area contributed by atoms with Crippen molar-refractivity contribution in [2.75, 3.05) is 32.8 Å². The fourth-order valence-corrected chi connectivity index (χ4v) is 4.77. The van der Waals surface area contributed by atoms with Gasteiger partial charge >= 0.3 is 5.79 Å². The summed E-state index contributed by atoms with van der Waals surface area (Å²) in [6.07, 6.45) is 0. The molecule has 0 spiro atoms. The quantitative estimate of drug-likeness (QED) is 0.0495. The van der Waals surface area contributed by atoms with E-state index < -0.39 is 75.6 Å². The van der Waals surface area contributed by atoms with E-state index >= 15 is 0 Å². The van der Waals surface area contributed by atoms with Gasteiger partial charge in [0.2, 0.25) is 0 Å². The number of halogens is 1. The van der Waals surface area contributed by atoms with Crippen LogP contribution in [0.1, 0.15) is 11.1 Å². The van der Waals surface area contributed by atoms with Gasteiger partial charge < -0.3 is 45.8 Å². The minimum Gasteiger partial charge on any atom is -0.505 e. The first-order chi connectivity index (χ1) is 19.5. The number of morpholine rings is 1. The zero-order valence-corrected chi connectivity index (χ0v) is 22.0. The SMILES string of the molecule is [B]/C(NCc1cc(CN2CCOCC2)ccc1F)=C1/CN(C2(O)C(=O)NC(=O)C(O)(O)C2(O)O)C(=O)/C1=C(\O)C(=C)O. The lowest BCUT2D eigenvalue weighted by molar-refractivity contribution is -0.407. The van der Waals surface area contributed by atoms with Crippen LogP contribution in [0.2, 0.25) is 0 Å². The molecule has 4 rings (SSSR count). The molecule has 0 aliphatic carbocycles. The Labute approximate surface area is 238 Å². The van der Waals surface area contributed by atoms with E-state index in [2.05, 4.69) is 16.8 Å². The van der Waals surface area contributed by atoms with E-state index in [0.29, 0.717) is 32.8 Å². The molecule has 0 bridgehead atoms. The lowest BCUT2D eigenvalue weighted by Crippen LogP contribution is -2.85. The van der Waals surface area contributed by atoms with E-state index in [1.807, 2.05) is 0 Å². The summed E-state index contributed by atoms with van der Waals surface area (Å²) in [4.78, 5) is 39.8. The van der Waals surface area contributed by atoms with Crippen LogP contribution < -0.4 is 10.6 Å². The number of amides is 3. The molecule has 2 radical (unpaired) electrons. The first-order valence-electron chi connectivity index (χ1n) is 12.5. The summed E-state index contributed by atoms with van der Waals surface area (Å²) in [5.74, 6) is -17.0. The normalized spacial score (nSPS) is 26.6. The average molecular weight is 590 g/mol. The molecule has 1 aromatic rings. The highest BCUT2D eigenvalue weighted by Crippen LogP contribution is 2.41. The molecule has 1 atom stereocenters. The number of piperidine rings is 1. The summed E-state index contributed by atoms with van der Waals surface area (Å²) in [5.41, 5.74) is -4.82. The molecule has 15 nitrogen and oxygen atoms in total. The fraction of sp³-hybridized carbons (Fsp3) is 0.400. The maximum atomic E-state index is 14.6. The second kappa shape index (κ2) is 11.1. The van der Waals surface area contributed by atoms with Gasteiger partial charge in [-0.15, -0.1) is 0 Å². The third-order valence-corrected chi connectivity index (χ3v) is 7.22. The molecular weight excluding hydrogens is 562 g/mol. The van der Waals surface area contributed by atoms with Crippen LogP contribution in [0.3, 0.4) is 0 Å². The van der Waals surface area contributed by atoms with Gasteiger partial charge in [0.25, 0.3) is 29.2 Å². The molecule has 0 saturated carbocycles.